The Bertz CT molecular complexity index is 596. The van der Waals surface area contributed by atoms with E-state index in [-0.39, 0.29) is 0 Å². The van der Waals surface area contributed by atoms with E-state index in [9.17, 15) is 0 Å². The maximum absolute atomic E-state index is 5.40. The Morgan fingerprint density at radius 1 is 1.25 bits per heavy atom. The zero-order valence-corrected chi connectivity index (χ0v) is 14.9. The number of rotatable bonds is 9. The number of hydrogen-bond donors (Lipinski definition) is 2. The lowest BCUT2D eigenvalue weighted by molar-refractivity contribution is 0.380. The molecular weight excluding hydrogens is 304 g/mol. The molecule has 0 spiro atoms. The summed E-state index contributed by atoms with van der Waals surface area (Å²) in [5.74, 6) is 1.76. The molecule has 0 radical (unpaired) electrons. The van der Waals surface area contributed by atoms with Crippen molar-refractivity contribution in [3.05, 3.63) is 35.7 Å². The monoisotopic (exact) mass is 332 g/mol. The molecule has 7 nitrogen and oxygen atoms in total. The number of guanidine groups is 1. The molecule has 2 heterocycles. The third-order valence-corrected chi connectivity index (χ3v) is 3.79. The van der Waals surface area contributed by atoms with Gasteiger partial charge in [-0.25, -0.2) is 9.98 Å². The van der Waals surface area contributed by atoms with Gasteiger partial charge >= 0.3 is 0 Å². The summed E-state index contributed by atoms with van der Waals surface area (Å²) >= 11 is 0. The van der Waals surface area contributed by atoms with Crippen molar-refractivity contribution in [2.24, 2.45) is 4.99 Å². The molecule has 2 N–H and O–H groups in total. The molecule has 2 aromatic rings. The largest absolute Gasteiger partial charge is 0.361 e. The highest BCUT2D eigenvalue weighted by molar-refractivity contribution is 5.79. The molecule has 7 heteroatoms. The third-order valence-electron chi connectivity index (χ3n) is 3.79. The van der Waals surface area contributed by atoms with E-state index in [2.05, 4.69) is 51.1 Å². The van der Waals surface area contributed by atoms with Crippen LogP contribution in [0.3, 0.4) is 0 Å². The van der Waals surface area contributed by atoms with E-state index in [0.29, 0.717) is 6.54 Å². The first-order valence-electron chi connectivity index (χ1n) is 8.72. The highest BCUT2D eigenvalue weighted by atomic mass is 16.5. The van der Waals surface area contributed by atoms with Crippen LogP contribution in [-0.2, 0) is 25.9 Å². The first-order chi connectivity index (χ1) is 11.8. The average molecular weight is 332 g/mol. The zero-order chi connectivity index (χ0) is 17.2. The molecule has 0 aliphatic rings. The summed E-state index contributed by atoms with van der Waals surface area (Å²) in [7, 11) is 0. The second kappa shape index (κ2) is 9.75. The number of aryl methyl sites for hydroxylation is 3. The molecule has 2 rings (SSSR count). The Kier molecular flexibility index (Phi) is 7.32. The molecule has 2 aromatic heterocycles. The fraction of sp³-hybridized carbons (Fsp3) is 0.588. The molecule has 0 aliphatic heterocycles. The summed E-state index contributed by atoms with van der Waals surface area (Å²) in [5, 5.41) is 10.8. The minimum absolute atomic E-state index is 0.590. The van der Waals surface area contributed by atoms with E-state index >= 15 is 0 Å². The highest BCUT2D eigenvalue weighted by Gasteiger charge is 2.12. The number of hydrogen-bond acceptors (Lipinski definition) is 4. The van der Waals surface area contributed by atoms with Gasteiger partial charge in [0.2, 0.25) is 0 Å². The smallest absolute Gasteiger partial charge is 0.191 e. The summed E-state index contributed by atoms with van der Waals surface area (Å²) in [5.41, 5.74) is 2.13. The van der Waals surface area contributed by atoms with Gasteiger partial charge in [0.1, 0.15) is 5.76 Å². The number of nitrogens with zero attached hydrogens (tertiary/aromatic N) is 4. The van der Waals surface area contributed by atoms with Gasteiger partial charge in [-0.2, -0.15) is 0 Å². The Labute approximate surface area is 143 Å². The topological polar surface area (TPSA) is 80.3 Å². The van der Waals surface area contributed by atoms with Crippen LogP contribution < -0.4 is 10.6 Å². The molecule has 0 atom stereocenters. The van der Waals surface area contributed by atoms with Crippen molar-refractivity contribution in [1.29, 1.82) is 0 Å². The van der Waals surface area contributed by atoms with Crippen molar-refractivity contribution in [3.63, 3.8) is 0 Å². The number of aliphatic imine (C=N–C) groups is 1. The van der Waals surface area contributed by atoms with Crippen LogP contribution in [-0.4, -0.2) is 33.8 Å². The van der Waals surface area contributed by atoms with E-state index in [0.717, 1.165) is 61.9 Å². The van der Waals surface area contributed by atoms with E-state index < -0.39 is 0 Å². The van der Waals surface area contributed by atoms with Crippen molar-refractivity contribution in [2.45, 2.75) is 53.1 Å². The normalized spacial score (nSPS) is 11.7. The van der Waals surface area contributed by atoms with Crippen molar-refractivity contribution in [1.82, 2.24) is 25.3 Å². The fourth-order valence-corrected chi connectivity index (χ4v) is 2.50. The molecule has 132 valence electrons. The van der Waals surface area contributed by atoms with Crippen LogP contribution in [0.15, 0.2) is 28.2 Å². The van der Waals surface area contributed by atoms with E-state index in [1.54, 1.807) is 6.20 Å². The van der Waals surface area contributed by atoms with Gasteiger partial charge in [0.15, 0.2) is 5.96 Å². The van der Waals surface area contributed by atoms with Crippen LogP contribution in [0.4, 0.5) is 0 Å². The van der Waals surface area contributed by atoms with Gasteiger partial charge in [0.25, 0.3) is 0 Å². The molecule has 0 saturated heterocycles. The molecule has 0 bridgehead atoms. The van der Waals surface area contributed by atoms with Crippen LogP contribution in [0.2, 0.25) is 0 Å². The summed E-state index contributed by atoms with van der Waals surface area (Å²) in [6.07, 6.45) is 8.33. The predicted octanol–water partition coefficient (Wildman–Crippen LogP) is 2.14. The fourth-order valence-electron chi connectivity index (χ4n) is 2.50. The number of aromatic nitrogens is 3. The van der Waals surface area contributed by atoms with Gasteiger partial charge in [-0.3, -0.25) is 0 Å². The maximum Gasteiger partial charge on any atom is 0.191 e. The molecular formula is C17H28N6O. The van der Waals surface area contributed by atoms with Crippen LogP contribution in [0.25, 0.3) is 0 Å². The standard InChI is InChI=1S/C17H28N6O/c1-4-15-14(16(5-2)24-22-15)12-21-17(19-6-3)20-8-7-10-23-11-9-18-13-23/h9,11,13H,4-8,10,12H2,1-3H3,(H2,19,20,21). The molecule has 0 unspecified atom stereocenters. The minimum atomic E-state index is 0.590. The Balaban J connectivity index is 1.89. The summed E-state index contributed by atoms with van der Waals surface area (Å²) in [6, 6.07) is 0. The van der Waals surface area contributed by atoms with Crippen molar-refractivity contribution in [2.75, 3.05) is 13.1 Å². The second-order valence-electron chi connectivity index (χ2n) is 5.51. The lowest BCUT2D eigenvalue weighted by Crippen LogP contribution is -2.38. The van der Waals surface area contributed by atoms with Gasteiger partial charge in [0, 0.05) is 44.0 Å². The lowest BCUT2D eigenvalue weighted by Gasteiger charge is -2.11. The van der Waals surface area contributed by atoms with Crippen LogP contribution in [0, 0.1) is 0 Å². The summed E-state index contributed by atoms with van der Waals surface area (Å²) in [6.45, 7) is 9.45. The van der Waals surface area contributed by atoms with Crippen molar-refractivity contribution in [3.8, 4) is 0 Å². The minimum Gasteiger partial charge on any atom is -0.361 e. The average Bonchev–Trinajstić information content (AvgIpc) is 3.25. The SMILES string of the molecule is CCNC(=NCc1c(CC)noc1CC)NCCCn1ccnc1. The molecule has 0 amide bonds. The van der Waals surface area contributed by atoms with Crippen LogP contribution in [0.5, 0.6) is 0 Å². The first kappa shape index (κ1) is 18.0. The number of nitrogens with one attached hydrogen (secondary N) is 2. The maximum atomic E-state index is 5.40. The Morgan fingerprint density at radius 2 is 2.12 bits per heavy atom. The van der Waals surface area contributed by atoms with Gasteiger partial charge in [0.05, 0.1) is 18.6 Å². The quantitative estimate of drug-likeness (QED) is 0.418. The first-order valence-corrected chi connectivity index (χ1v) is 8.72. The molecule has 0 aliphatic carbocycles. The molecule has 24 heavy (non-hydrogen) atoms. The highest BCUT2D eigenvalue weighted by Crippen LogP contribution is 2.16. The summed E-state index contributed by atoms with van der Waals surface area (Å²) < 4.78 is 7.47. The summed E-state index contributed by atoms with van der Waals surface area (Å²) in [4.78, 5) is 8.73. The Hall–Kier alpha value is -2.31. The molecule has 0 saturated carbocycles. The van der Waals surface area contributed by atoms with Crippen LogP contribution >= 0.6 is 0 Å². The second-order valence-corrected chi connectivity index (χ2v) is 5.51. The number of imidazole rings is 1. The van der Waals surface area contributed by atoms with E-state index in [1.807, 2.05) is 12.5 Å². The van der Waals surface area contributed by atoms with Gasteiger partial charge < -0.3 is 19.7 Å². The Morgan fingerprint density at radius 3 is 2.79 bits per heavy atom. The van der Waals surface area contributed by atoms with Gasteiger partial charge in [-0.1, -0.05) is 19.0 Å². The van der Waals surface area contributed by atoms with Crippen molar-refractivity contribution < 1.29 is 4.52 Å². The van der Waals surface area contributed by atoms with E-state index in [4.69, 9.17) is 4.52 Å². The molecule has 0 fully saturated rings. The van der Waals surface area contributed by atoms with Gasteiger partial charge in [-0.05, 0) is 19.8 Å². The van der Waals surface area contributed by atoms with Gasteiger partial charge in [-0.15, -0.1) is 0 Å². The van der Waals surface area contributed by atoms with E-state index in [1.165, 1.54) is 0 Å². The zero-order valence-electron chi connectivity index (χ0n) is 14.9. The molecule has 0 aromatic carbocycles. The van der Waals surface area contributed by atoms with Crippen LogP contribution in [0.1, 0.15) is 44.2 Å². The third kappa shape index (κ3) is 5.11. The predicted molar refractivity (Wildman–Crippen MR) is 94.9 cm³/mol. The lowest BCUT2D eigenvalue weighted by atomic mass is 10.1. The van der Waals surface area contributed by atoms with Crippen molar-refractivity contribution >= 4 is 5.96 Å².